The number of aliphatic carboxylic acids is 1. The minimum atomic E-state index is -0.846. The second-order valence-corrected chi connectivity index (χ2v) is 4.06. The summed E-state index contributed by atoms with van der Waals surface area (Å²) in [6.07, 6.45) is 5.54. The van der Waals surface area contributed by atoms with Crippen molar-refractivity contribution in [1.82, 2.24) is 0 Å². The fourth-order valence-corrected chi connectivity index (χ4v) is 2.23. The summed E-state index contributed by atoms with van der Waals surface area (Å²) in [7, 11) is 0. The maximum absolute atomic E-state index is 10.7. The topological polar surface area (TPSA) is 63.3 Å². The highest BCUT2D eigenvalue weighted by Crippen LogP contribution is 2.32. The Balaban J connectivity index is 2.46. The van der Waals surface area contributed by atoms with Crippen LogP contribution in [0.2, 0.25) is 0 Å². The molecule has 3 N–H and O–H groups in total. The minimum absolute atomic E-state index is 0.205. The third-order valence-electron chi connectivity index (χ3n) is 3.19. The normalized spacial score (nSPS) is 31.2. The first-order valence-corrected chi connectivity index (χ1v) is 5.13. The first-order chi connectivity index (χ1) is 6.15. The molecule has 0 aliphatic heterocycles. The van der Waals surface area contributed by atoms with Gasteiger partial charge in [-0.25, -0.2) is 0 Å². The van der Waals surface area contributed by atoms with E-state index >= 15 is 0 Å². The van der Waals surface area contributed by atoms with Crippen LogP contribution in [0.1, 0.15) is 39.0 Å². The summed E-state index contributed by atoms with van der Waals surface area (Å²) in [5.74, 6) is 0.0575. The van der Waals surface area contributed by atoms with Gasteiger partial charge in [0.15, 0.2) is 0 Å². The van der Waals surface area contributed by atoms with E-state index in [-0.39, 0.29) is 5.92 Å². The molecule has 76 valence electrons. The largest absolute Gasteiger partial charge is 0.480 e. The van der Waals surface area contributed by atoms with Crippen LogP contribution >= 0.6 is 0 Å². The summed E-state index contributed by atoms with van der Waals surface area (Å²) in [6.45, 7) is 2.17. The molecule has 3 heteroatoms. The summed E-state index contributed by atoms with van der Waals surface area (Å²) >= 11 is 0. The number of carbonyl (C=O) groups is 1. The SMILES string of the molecule is CCC1CCCC([C@H](N)C(=O)O)C1. The van der Waals surface area contributed by atoms with E-state index in [1.807, 2.05) is 0 Å². The molecule has 1 aliphatic carbocycles. The molecule has 2 unspecified atom stereocenters. The van der Waals surface area contributed by atoms with Crippen molar-refractivity contribution in [2.75, 3.05) is 0 Å². The number of carboxylic acids is 1. The molecular formula is C10H19NO2. The Labute approximate surface area is 79.3 Å². The van der Waals surface area contributed by atoms with Gasteiger partial charge in [0.25, 0.3) is 0 Å². The molecule has 1 saturated carbocycles. The van der Waals surface area contributed by atoms with Gasteiger partial charge < -0.3 is 10.8 Å². The van der Waals surface area contributed by atoms with Gasteiger partial charge in [-0.2, -0.15) is 0 Å². The van der Waals surface area contributed by atoms with Gasteiger partial charge >= 0.3 is 5.97 Å². The van der Waals surface area contributed by atoms with Gasteiger partial charge in [0.05, 0.1) is 0 Å². The van der Waals surface area contributed by atoms with E-state index < -0.39 is 12.0 Å². The van der Waals surface area contributed by atoms with E-state index in [0.29, 0.717) is 5.92 Å². The summed E-state index contributed by atoms with van der Waals surface area (Å²) in [5.41, 5.74) is 5.61. The lowest BCUT2D eigenvalue weighted by Crippen LogP contribution is -2.40. The number of hydrogen-bond acceptors (Lipinski definition) is 2. The molecule has 13 heavy (non-hydrogen) atoms. The number of rotatable bonds is 3. The predicted molar refractivity (Wildman–Crippen MR) is 51.4 cm³/mol. The summed E-state index contributed by atoms with van der Waals surface area (Å²) in [4.78, 5) is 10.7. The summed E-state index contributed by atoms with van der Waals surface area (Å²) in [5, 5.41) is 8.77. The molecule has 0 heterocycles. The van der Waals surface area contributed by atoms with E-state index in [2.05, 4.69) is 6.92 Å². The quantitative estimate of drug-likeness (QED) is 0.702. The van der Waals surface area contributed by atoms with Crippen molar-refractivity contribution in [3.05, 3.63) is 0 Å². The second kappa shape index (κ2) is 4.61. The van der Waals surface area contributed by atoms with Crippen molar-refractivity contribution < 1.29 is 9.90 Å². The highest BCUT2D eigenvalue weighted by Gasteiger charge is 2.29. The van der Waals surface area contributed by atoms with Gasteiger partial charge in [0, 0.05) is 0 Å². The van der Waals surface area contributed by atoms with Crippen molar-refractivity contribution in [1.29, 1.82) is 0 Å². The molecule has 0 radical (unpaired) electrons. The molecule has 0 aromatic carbocycles. The van der Waals surface area contributed by atoms with Gasteiger partial charge in [0.2, 0.25) is 0 Å². The van der Waals surface area contributed by atoms with E-state index in [1.165, 1.54) is 6.42 Å². The van der Waals surface area contributed by atoms with Crippen LogP contribution in [0, 0.1) is 11.8 Å². The van der Waals surface area contributed by atoms with Crippen molar-refractivity contribution in [3.8, 4) is 0 Å². The van der Waals surface area contributed by atoms with Crippen molar-refractivity contribution in [2.24, 2.45) is 17.6 Å². The second-order valence-electron chi connectivity index (χ2n) is 4.06. The average Bonchev–Trinajstić information content (AvgIpc) is 2.16. The third-order valence-corrected chi connectivity index (χ3v) is 3.19. The molecule has 0 bridgehead atoms. The Morgan fingerprint density at radius 2 is 2.31 bits per heavy atom. The molecule has 0 spiro atoms. The van der Waals surface area contributed by atoms with Gasteiger partial charge in [-0.3, -0.25) is 4.79 Å². The minimum Gasteiger partial charge on any atom is -0.480 e. The molecule has 0 saturated heterocycles. The van der Waals surface area contributed by atoms with E-state index in [9.17, 15) is 4.79 Å². The van der Waals surface area contributed by atoms with Crippen LogP contribution < -0.4 is 5.73 Å². The van der Waals surface area contributed by atoms with E-state index in [4.69, 9.17) is 10.8 Å². The Morgan fingerprint density at radius 3 is 2.85 bits per heavy atom. The lowest BCUT2D eigenvalue weighted by Gasteiger charge is -2.30. The smallest absolute Gasteiger partial charge is 0.320 e. The molecule has 1 fully saturated rings. The molecule has 1 rings (SSSR count). The standard InChI is InChI=1S/C10H19NO2/c1-2-7-4-3-5-8(6-7)9(11)10(12)13/h7-9H,2-6,11H2,1H3,(H,12,13)/t7?,8?,9-/m0/s1. The van der Waals surface area contributed by atoms with Crippen LogP contribution in [-0.4, -0.2) is 17.1 Å². The monoisotopic (exact) mass is 185 g/mol. The summed E-state index contributed by atoms with van der Waals surface area (Å²) in [6, 6.07) is -0.644. The first-order valence-electron chi connectivity index (χ1n) is 5.13. The molecule has 1 aliphatic rings. The van der Waals surface area contributed by atoms with Crippen LogP contribution in [0.15, 0.2) is 0 Å². The third kappa shape index (κ3) is 2.69. The fourth-order valence-electron chi connectivity index (χ4n) is 2.23. The maximum atomic E-state index is 10.7. The zero-order chi connectivity index (χ0) is 9.84. The Kier molecular flexibility index (Phi) is 3.72. The zero-order valence-corrected chi connectivity index (χ0v) is 8.20. The zero-order valence-electron chi connectivity index (χ0n) is 8.20. The van der Waals surface area contributed by atoms with Gasteiger partial charge in [0.1, 0.15) is 6.04 Å². The number of hydrogen-bond donors (Lipinski definition) is 2. The molecule has 0 aromatic heterocycles. The van der Waals surface area contributed by atoms with Gasteiger partial charge in [-0.15, -0.1) is 0 Å². The predicted octanol–water partition coefficient (Wildman–Crippen LogP) is 1.61. The Morgan fingerprint density at radius 1 is 1.62 bits per heavy atom. The average molecular weight is 185 g/mol. The first kappa shape index (κ1) is 10.5. The molecule has 0 aromatic rings. The van der Waals surface area contributed by atoms with Crippen molar-refractivity contribution in [3.63, 3.8) is 0 Å². The van der Waals surface area contributed by atoms with Crippen LogP contribution in [-0.2, 0) is 4.79 Å². The fraction of sp³-hybridized carbons (Fsp3) is 0.900. The lowest BCUT2D eigenvalue weighted by atomic mass is 9.77. The number of nitrogens with two attached hydrogens (primary N) is 1. The van der Waals surface area contributed by atoms with Crippen LogP contribution in [0.3, 0.4) is 0 Å². The molecule has 3 nitrogen and oxygen atoms in total. The Hall–Kier alpha value is -0.570. The Bertz CT molecular complexity index is 182. The van der Waals surface area contributed by atoms with E-state index in [1.54, 1.807) is 0 Å². The highest BCUT2D eigenvalue weighted by atomic mass is 16.4. The summed E-state index contributed by atoms with van der Waals surface area (Å²) < 4.78 is 0. The van der Waals surface area contributed by atoms with Crippen LogP contribution in [0.25, 0.3) is 0 Å². The molecule has 0 amide bonds. The van der Waals surface area contributed by atoms with Crippen molar-refractivity contribution in [2.45, 2.75) is 45.1 Å². The maximum Gasteiger partial charge on any atom is 0.320 e. The number of carboxylic acid groups (broad SMARTS) is 1. The van der Waals surface area contributed by atoms with Crippen molar-refractivity contribution >= 4 is 5.97 Å². The van der Waals surface area contributed by atoms with Gasteiger partial charge in [-0.05, 0) is 24.7 Å². The lowest BCUT2D eigenvalue weighted by molar-refractivity contribution is -0.140. The molecular weight excluding hydrogens is 166 g/mol. The van der Waals surface area contributed by atoms with E-state index in [0.717, 1.165) is 25.7 Å². The van der Waals surface area contributed by atoms with Gasteiger partial charge in [-0.1, -0.05) is 26.2 Å². The highest BCUT2D eigenvalue weighted by molar-refractivity contribution is 5.73. The van der Waals surface area contributed by atoms with Crippen LogP contribution in [0.5, 0.6) is 0 Å². The van der Waals surface area contributed by atoms with Crippen LogP contribution in [0.4, 0.5) is 0 Å². The molecule has 3 atom stereocenters.